The van der Waals surface area contributed by atoms with Crippen LogP contribution >= 0.6 is 43.2 Å². The van der Waals surface area contributed by atoms with Crippen molar-refractivity contribution in [2.24, 2.45) is 0 Å². The van der Waals surface area contributed by atoms with Gasteiger partial charge in [0.2, 0.25) is 0 Å². The van der Waals surface area contributed by atoms with Crippen molar-refractivity contribution >= 4 is 66.7 Å². The van der Waals surface area contributed by atoms with E-state index in [1.165, 1.54) is 13.6 Å². The summed E-state index contributed by atoms with van der Waals surface area (Å²) in [6.07, 6.45) is 0. The van der Waals surface area contributed by atoms with Gasteiger partial charge in [0, 0.05) is 0 Å². The van der Waals surface area contributed by atoms with Crippen LogP contribution < -0.4 is 0 Å². The molecule has 0 fully saturated rings. The Morgan fingerprint density at radius 2 is 2.00 bits per heavy atom. The van der Waals surface area contributed by atoms with E-state index in [9.17, 15) is 0 Å². The van der Waals surface area contributed by atoms with Crippen molar-refractivity contribution < 1.29 is 0 Å². The number of hydrogen-bond donors (Lipinski definition) is 0. The third-order valence-corrected chi connectivity index (χ3v) is 8.58. The van der Waals surface area contributed by atoms with Crippen LogP contribution in [0.4, 0.5) is 0 Å². The molecule has 0 spiro atoms. The van der Waals surface area contributed by atoms with Gasteiger partial charge in [-0.2, -0.15) is 0 Å². The van der Waals surface area contributed by atoms with Crippen molar-refractivity contribution in [2.45, 2.75) is 20.4 Å². The molecule has 0 saturated carbocycles. The van der Waals surface area contributed by atoms with E-state index in [2.05, 4.69) is 56.7 Å². The molecule has 0 bridgehead atoms. The maximum atomic E-state index is 3.76. The van der Waals surface area contributed by atoms with Gasteiger partial charge in [0.1, 0.15) is 0 Å². The number of nitrogens with zero attached hydrogens (tertiary/aromatic N) is 1. The van der Waals surface area contributed by atoms with E-state index in [4.69, 9.17) is 0 Å². The summed E-state index contributed by atoms with van der Waals surface area (Å²) in [6, 6.07) is 2.24. The third-order valence-electron chi connectivity index (χ3n) is 2.63. The van der Waals surface area contributed by atoms with Crippen LogP contribution in [-0.2, 0) is 6.54 Å². The van der Waals surface area contributed by atoms with Gasteiger partial charge in [0.05, 0.1) is 0 Å². The van der Waals surface area contributed by atoms with Gasteiger partial charge in [-0.15, -0.1) is 0 Å². The Hall–Kier alpha value is 0.879. The summed E-state index contributed by atoms with van der Waals surface area (Å²) < 4.78 is 5.73. The van der Waals surface area contributed by atoms with Crippen molar-refractivity contribution in [2.75, 3.05) is 13.1 Å². The van der Waals surface area contributed by atoms with Crippen molar-refractivity contribution in [1.29, 1.82) is 0 Å². The van der Waals surface area contributed by atoms with E-state index in [1.54, 1.807) is 8.01 Å². The number of hydrogen-bond acceptors (Lipinski definition) is 2. The second kappa shape index (κ2) is 5.68. The molecule has 0 atom stereocenters. The summed E-state index contributed by atoms with van der Waals surface area (Å²) in [5, 5.41) is 1.42. The molecular weight excluding hydrogens is 417 g/mol. The molecule has 0 aliphatic rings. The zero-order valence-corrected chi connectivity index (χ0v) is 14.9. The van der Waals surface area contributed by atoms with E-state index < -0.39 is 0 Å². The van der Waals surface area contributed by atoms with E-state index >= 15 is 0 Å². The Kier molecular flexibility index (Phi) is 4.73. The van der Waals surface area contributed by atoms with E-state index in [-0.39, 0.29) is 0 Å². The Labute approximate surface area is 123 Å². The molecule has 0 radical (unpaired) electrons. The van der Waals surface area contributed by atoms with Gasteiger partial charge in [0.25, 0.3) is 0 Å². The average molecular weight is 430 g/mol. The fourth-order valence-corrected chi connectivity index (χ4v) is 8.35. The van der Waals surface area contributed by atoms with Gasteiger partial charge in [0.15, 0.2) is 0 Å². The molecule has 0 amide bonds. The molecule has 0 saturated heterocycles. The number of thiophene rings is 1. The average Bonchev–Trinajstić information content (AvgIpc) is 2.75. The first-order chi connectivity index (χ1) is 7.65. The standard InChI is InChI=1S/C11H13Br2NSSe/c1-3-14(4-2)6-8-10(13)7-5-9(12)15-11(7)16-8/h5H,3-4,6H2,1-2H3. The van der Waals surface area contributed by atoms with E-state index in [1.807, 2.05) is 11.3 Å². The van der Waals surface area contributed by atoms with Crippen LogP contribution in [0.15, 0.2) is 14.3 Å². The van der Waals surface area contributed by atoms with E-state index in [0.29, 0.717) is 14.5 Å². The number of rotatable bonds is 4. The Balaban J connectivity index is 2.31. The Bertz CT molecular complexity index is 487. The van der Waals surface area contributed by atoms with Crippen LogP contribution in [0.5, 0.6) is 0 Å². The van der Waals surface area contributed by atoms with Crippen LogP contribution in [0.1, 0.15) is 18.3 Å². The van der Waals surface area contributed by atoms with Crippen LogP contribution in [0, 0.1) is 0 Å². The summed E-state index contributed by atoms with van der Waals surface area (Å²) in [5.41, 5.74) is 0. The molecule has 2 aromatic heterocycles. The van der Waals surface area contributed by atoms with Crippen molar-refractivity contribution in [1.82, 2.24) is 4.90 Å². The predicted octanol–water partition coefficient (Wildman–Crippen LogP) is 4.33. The molecular formula is C11H13Br2NSSe. The molecule has 5 heteroatoms. The Morgan fingerprint density at radius 1 is 1.31 bits per heavy atom. The first-order valence-corrected chi connectivity index (χ1v) is 9.35. The van der Waals surface area contributed by atoms with Crippen LogP contribution in [0.2, 0.25) is 0 Å². The topological polar surface area (TPSA) is 3.24 Å². The number of fused-ring (bicyclic) bond motifs is 1. The molecule has 2 heterocycles. The summed E-state index contributed by atoms with van der Waals surface area (Å²) in [4.78, 5) is 2.48. The summed E-state index contributed by atoms with van der Waals surface area (Å²) in [6.45, 7) is 7.84. The molecule has 0 aliphatic carbocycles. The van der Waals surface area contributed by atoms with Gasteiger partial charge in [-0.1, -0.05) is 0 Å². The quantitative estimate of drug-likeness (QED) is 0.654. The van der Waals surface area contributed by atoms with Crippen LogP contribution in [0.25, 0.3) is 8.96 Å². The molecule has 2 aromatic rings. The molecule has 0 N–H and O–H groups in total. The summed E-state index contributed by atoms with van der Waals surface area (Å²) >= 11 is 9.72. The fourth-order valence-electron chi connectivity index (χ4n) is 1.63. The molecule has 0 unspecified atom stereocenters. The molecule has 1 nitrogen and oxygen atoms in total. The SMILES string of the molecule is CCN(CC)Cc1[se]c2sc(Br)cc2c1Br. The normalized spacial score (nSPS) is 11.8. The fraction of sp³-hybridized carbons (Fsp3) is 0.455. The van der Waals surface area contributed by atoms with Crippen molar-refractivity contribution in [3.8, 4) is 0 Å². The van der Waals surface area contributed by atoms with Crippen molar-refractivity contribution in [3.05, 3.63) is 18.8 Å². The first kappa shape index (κ1) is 13.3. The van der Waals surface area contributed by atoms with Gasteiger partial charge in [-0.3, -0.25) is 0 Å². The zero-order valence-electron chi connectivity index (χ0n) is 9.22. The predicted molar refractivity (Wildman–Crippen MR) is 80.8 cm³/mol. The minimum absolute atomic E-state index is 0.521. The van der Waals surface area contributed by atoms with Gasteiger partial charge < -0.3 is 0 Å². The zero-order chi connectivity index (χ0) is 11.7. The summed E-state index contributed by atoms with van der Waals surface area (Å²) in [5.74, 6) is 0. The molecule has 0 aromatic carbocycles. The van der Waals surface area contributed by atoms with Crippen LogP contribution in [-0.4, -0.2) is 32.5 Å². The molecule has 16 heavy (non-hydrogen) atoms. The van der Waals surface area contributed by atoms with Gasteiger partial charge in [-0.05, 0) is 0 Å². The Morgan fingerprint density at radius 3 is 2.56 bits per heavy atom. The second-order valence-corrected chi connectivity index (χ2v) is 9.68. The monoisotopic (exact) mass is 429 g/mol. The third kappa shape index (κ3) is 2.65. The number of halogens is 2. The molecule has 0 aliphatic heterocycles. The second-order valence-electron chi connectivity index (χ2n) is 3.55. The molecule has 88 valence electrons. The molecule has 2 rings (SSSR count). The van der Waals surface area contributed by atoms with Gasteiger partial charge in [-0.25, -0.2) is 0 Å². The minimum atomic E-state index is 0.521. The maximum absolute atomic E-state index is 3.76. The first-order valence-electron chi connectivity index (χ1n) is 5.24. The van der Waals surface area contributed by atoms with Crippen molar-refractivity contribution in [3.63, 3.8) is 0 Å². The van der Waals surface area contributed by atoms with Gasteiger partial charge >= 0.3 is 124 Å². The summed E-state index contributed by atoms with van der Waals surface area (Å²) in [7, 11) is 0. The van der Waals surface area contributed by atoms with Crippen LogP contribution in [0.3, 0.4) is 0 Å². The van der Waals surface area contributed by atoms with E-state index in [0.717, 1.165) is 19.6 Å².